The fraction of sp³-hybridized carbons (Fsp3) is 0.222. The molecule has 1 aliphatic rings. The smallest absolute Gasteiger partial charge is 0.261 e. The number of nitrogens with zero attached hydrogens (tertiary/aromatic N) is 6. The monoisotopic (exact) mass is 746 g/mol. The van der Waals surface area contributed by atoms with Crippen LogP contribution in [-0.4, -0.2) is 54.6 Å². The first-order valence-electron chi connectivity index (χ1n) is 18.9. The second-order valence-electron chi connectivity index (χ2n) is 14.1. The van der Waals surface area contributed by atoms with Gasteiger partial charge in [-0.1, -0.05) is 66.7 Å². The molecular weight excluding hydrogens is 701 g/mol. The number of ether oxygens (including phenoxy) is 1. The number of carbonyl (C=O) groups excluding carboxylic acids is 2. The second kappa shape index (κ2) is 18.3. The van der Waals surface area contributed by atoms with Crippen molar-refractivity contribution in [3.05, 3.63) is 178 Å². The Morgan fingerprint density at radius 2 is 1.07 bits per heavy atom. The van der Waals surface area contributed by atoms with Crippen LogP contribution in [0.1, 0.15) is 67.3 Å². The van der Waals surface area contributed by atoms with Crippen molar-refractivity contribution >= 4 is 23.5 Å². The van der Waals surface area contributed by atoms with Crippen LogP contribution in [0.3, 0.4) is 0 Å². The van der Waals surface area contributed by atoms with Gasteiger partial charge in [0.2, 0.25) is 0 Å². The molecular formula is C45H46N8O3. The van der Waals surface area contributed by atoms with Crippen LogP contribution in [0.5, 0.6) is 5.75 Å². The molecule has 4 N–H and O–H groups in total. The molecule has 2 amide bonds. The minimum atomic E-state index is -0.235. The summed E-state index contributed by atoms with van der Waals surface area (Å²) in [5.74, 6) is 1.25. The molecule has 0 fully saturated rings. The van der Waals surface area contributed by atoms with Gasteiger partial charge < -0.3 is 16.2 Å². The van der Waals surface area contributed by atoms with E-state index in [1.807, 2.05) is 54.7 Å². The number of unbranched alkanes of at least 4 members (excludes halogenated alkanes) is 1. The summed E-state index contributed by atoms with van der Waals surface area (Å²) < 4.78 is 6.44. The lowest BCUT2D eigenvalue weighted by atomic mass is 10.1. The van der Waals surface area contributed by atoms with E-state index in [0.29, 0.717) is 88.0 Å². The number of carbonyl (C=O) groups is 2. The Balaban J connectivity index is 1.11. The van der Waals surface area contributed by atoms with Gasteiger partial charge in [0.1, 0.15) is 17.4 Å². The first kappa shape index (κ1) is 37.9. The number of aromatic nitrogens is 3. The van der Waals surface area contributed by atoms with Crippen molar-refractivity contribution < 1.29 is 14.3 Å². The average Bonchev–Trinajstić information content (AvgIpc) is 3.43. The minimum absolute atomic E-state index is 0.235. The molecule has 4 heterocycles. The van der Waals surface area contributed by atoms with Crippen molar-refractivity contribution in [2.24, 2.45) is 0 Å². The average molecular weight is 747 g/mol. The molecule has 11 heteroatoms. The molecule has 0 unspecified atom stereocenters. The molecule has 7 rings (SSSR count). The number of hydrogen-bond acceptors (Lipinski definition) is 10. The van der Waals surface area contributed by atoms with Gasteiger partial charge in [-0.2, -0.15) is 0 Å². The Morgan fingerprint density at radius 1 is 0.536 bits per heavy atom. The summed E-state index contributed by atoms with van der Waals surface area (Å²) in [5.41, 5.74) is 19.1. The Morgan fingerprint density at radius 3 is 1.66 bits per heavy atom. The molecule has 1 aliphatic heterocycles. The van der Waals surface area contributed by atoms with E-state index < -0.39 is 0 Å². The Bertz CT molecular complexity index is 2100. The number of anilines is 2. The zero-order valence-corrected chi connectivity index (χ0v) is 31.3. The van der Waals surface area contributed by atoms with E-state index in [0.717, 1.165) is 34.0 Å². The lowest BCUT2D eigenvalue weighted by Crippen LogP contribution is -2.30. The number of hydrogen-bond donors (Lipinski definition) is 2. The van der Waals surface area contributed by atoms with E-state index in [1.54, 1.807) is 36.4 Å². The molecule has 6 aromatic rings. The van der Waals surface area contributed by atoms with Crippen LogP contribution >= 0.6 is 0 Å². The number of benzene rings is 3. The summed E-state index contributed by atoms with van der Waals surface area (Å²) in [7, 11) is 0. The Hall–Kier alpha value is -6.43. The second-order valence-corrected chi connectivity index (χ2v) is 14.1. The van der Waals surface area contributed by atoms with E-state index in [2.05, 4.69) is 67.2 Å². The highest BCUT2D eigenvalue weighted by molar-refractivity contribution is 6.21. The van der Waals surface area contributed by atoms with Crippen LogP contribution < -0.4 is 16.2 Å². The van der Waals surface area contributed by atoms with Gasteiger partial charge in [0.05, 0.1) is 34.8 Å². The summed E-state index contributed by atoms with van der Waals surface area (Å²) >= 11 is 0. The third-order valence-electron chi connectivity index (χ3n) is 9.55. The summed E-state index contributed by atoms with van der Waals surface area (Å²) in [4.78, 5) is 45.5. The Kier molecular flexibility index (Phi) is 12.4. The molecule has 0 saturated carbocycles. The third kappa shape index (κ3) is 10.2. The van der Waals surface area contributed by atoms with E-state index in [9.17, 15) is 9.59 Å². The third-order valence-corrected chi connectivity index (χ3v) is 9.55. The lowest BCUT2D eigenvalue weighted by Gasteiger charge is -2.25. The first-order valence-corrected chi connectivity index (χ1v) is 18.9. The largest absolute Gasteiger partial charge is 0.494 e. The summed E-state index contributed by atoms with van der Waals surface area (Å²) in [6.45, 7) is 4.50. The normalized spacial score (nSPS) is 12.4. The predicted octanol–water partition coefficient (Wildman–Crippen LogP) is 6.90. The fourth-order valence-electron chi connectivity index (χ4n) is 7.04. The summed E-state index contributed by atoms with van der Waals surface area (Å²) in [5, 5.41) is 0. The van der Waals surface area contributed by atoms with Crippen LogP contribution in [0.25, 0.3) is 0 Å². The number of rotatable bonds is 18. The number of nitrogen functional groups attached to an aromatic ring is 2. The Labute approximate surface area is 327 Å². The molecule has 56 heavy (non-hydrogen) atoms. The van der Waals surface area contributed by atoms with E-state index in [1.165, 1.54) is 10.5 Å². The molecule has 0 radical (unpaired) electrons. The van der Waals surface area contributed by atoms with Crippen LogP contribution in [-0.2, 0) is 39.3 Å². The van der Waals surface area contributed by atoms with E-state index >= 15 is 0 Å². The van der Waals surface area contributed by atoms with Gasteiger partial charge in [-0.05, 0) is 90.2 Å². The van der Waals surface area contributed by atoms with Gasteiger partial charge in [-0.25, -0.2) is 9.97 Å². The van der Waals surface area contributed by atoms with Gasteiger partial charge >= 0.3 is 0 Å². The zero-order chi connectivity index (χ0) is 38.7. The maximum Gasteiger partial charge on any atom is 0.261 e. The molecule has 0 spiro atoms. The highest BCUT2D eigenvalue weighted by Gasteiger charge is 2.34. The number of fused-ring (bicyclic) bond motifs is 1. The van der Waals surface area contributed by atoms with Crippen molar-refractivity contribution in [1.82, 2.24) is 29.7 Å². The molecule has 0 aliphatic carbocycles. The number of imide groups is 1. The molecule has 3 aromatic carbocycles. The minimum Gasteiger partial charge on any atom is -0.494 e. The summed E-state index contributed by atoms with van der Waals surface area (Å²) in [6, 6.07) is 41.2. The topological polar surface area (TPSA) is 144 Å². The SMILES string of the molecule is Nc1cccc(CN(Cc2ccccc2)Cc2cc(CN(Cc3ccccn3)Cc3cccc(N)n3)cc(OCCCCN3C(=O)c4ccccc4C3=O)c2)n1. The molecule has 284 valence electrons. The molecule has 0 bridgehead atoms. The maximum atomic E-state index is 12.9. The standard InChI is InChI=1S/C45H46N8O3/c46-42-19-10-15-37(49-42)31-51(27-33-12-2-1-3-13-33)28-34-24-35(29-52(30-36-14-6-7-21-48-36)32-38-16-11-20-43(47)50-38)26-39(25-34)56-23-9-8-22-53-44(54)40-17-4-5-18-41(40)45(53)55/h1-7,10-21,24-26H,8-9,22-23,27-32H2,(H2,46,49)(H2,47,50). The van der Waals surface area contributed by atoms with Crippen molar-refractivity contribution in [2.75, 3.05) is 24.6 Å². The molecule has 11 nitrogen and oxygen atoms in total. The van der Waals surface area contributed by atoms with Crippen molar-refractivity contribution in [3.8, 4) is 5.75 Å². The predicted molar refractivity (Wildman–Crippen MR) is 217 cm³/mol. The van der Waals surface area contributed by atoms with Crippen molar-refractivity contribution in [3.63, 3.8) is 0 Å². The van der Waals surface area contributed by atoms with Gasteiger partial charge in [-0.15, -0.1) is 0 Å². The van der Waals surface area contributed by atoms with Gasteiger partial charge in [0.25, 0.3) is 11.8 Å². The number of nitrogens with two attached hydrogens (primary N) is 2. The highest BCUT2D eigenvalue weighted by Crippen LogP contribution is 2.25. The van der Waals surface area contributed by atoms with Crippen LogP contribution in [0.4, 0.5) is 11.6 Å². The first-order chi connectivity index (χ1) is 27.4. The van der Waals surface area contributed by atoms with E-state index in [-0.39, 0.29) is 11.8 Å². The zero-order valence-electron chi connectivity index (χ0n) is 31.3. The summed E-state index contributed by atoms with van der Waals surface area (Å²) in [6.07, 6.45) is 3.10. The molecule has 0 saturated heterocycles. The van der Waals surface area contributed by atoms with Crippen LogP contribution in [0, 0.1) is 0 Å². The van der Waals surface area contributed by atoms with Crippen molar-refractivity contribution in [2.45, 2.75) is 52.1 Å². The van der Waals surface area contributed by atoms with E-state index in [4.69, 9.17) is 16.2 Å². The van der Waals surface area contributed by atoms with Crippen LogP contribution in [0.2, 0.25) is 0 Å². The highest BCUT2D eigenvalue weighted by atomic mass is 16.5. The molecule has 0 atom stereocenters. The fourth-order valence-corrected chi connectivity index (χ4v) is 7.04. The van der Waals surface area contributed by atoms with Crippen LogP contribution in [0.15, 0.2) is 134 Å². The van der Waals surface area contributed by atoms with Crippen molar-refractivity contribution in [1.29, 1.82) is 0 Å². The quantitative estimate of drug-likeness (QED) is 0.0705. The molecule has 3 aromatic heterocycles. The maximum absolute atomic E-state index is 12.9. The van der Waals surface area contributed by atoms with Gasteiger partial charge in [0, 0.05) is 52.0 Å². The van der Waals surface area contributed by atoms with Gasteiger partial charge in [-0.3, -0.25) is 29.3 Å². The van der Waals surface area contributed by atoms with Gasteiger partial charge in [0.15, 0.2) is 0 Å². The number of pyridine rings is 3. The lowest BCUT2D eigenvalue weighted by molar-refractivity contribution is 0.0649. The number of amides is 2.